The fourth-order valence-corrected chi connectivity index (χ4v) is 3.52. The van der Waals surface area contributed by atoms with Crippen LogP contribution >= 0.6 is 11.6 Å². The molecule has 0 saturated heterocycles. The van der Waals surface area contributed by atoms with Gasteiger partial charge in [-0.05, 0) is 29.6 Å². The second-order valence-electron chi connectivity index (χ2n) is 5.65. The van der Waals surface area contributed by atoms with Crippen molar-refractivity contribution < 1.29 is 8.42 Å². The summed E-state index contributed by atoms with van der Waals surface area (Å²) in [6.45, 7) is 0.570. The molecule has 2 aromatic carbocycles. The van der Waals surface area contributed by atoms with Gasteiger partial charge in [0.05, 0.1) is 5.75 Å². The van der Waals surface area contributed by atoms with Crippen molar-refractivity contribution in [3.63, 3.8) is 0 Å². The van der Waals surface area contributed by atoms with Gasteiger partial charge in [0.1, 0.15) is 11.0 Å². The van der Waals surface area contributed by atoms with Gasteiger partial charge in [-0.2, -0.15) is 0 Å². The van der Waals surface area contributed by atoms with Crippen LogP contribution in [0.15, 0.2) is 54.6 Å². The van der Waals surface area contributed by atoms with Crippen molar-refractivity contribution in [2.45, 2.75) is 12.3 Å². The molecule has 2 N–H and O–H groups in total. The van der Waals surface area contributed by atoms with Crippen molar-refractivity contribution in [3.05, 3.63) is 70.9 Å². The molecule has 0 aliphatic carbocycles. The van der Waals surface area contributed by atoms with Crippen LogP contribution in [0.5, 0.6) is 0 Å². The molecular formula is C18H18ClN3O2S. The molecule has 0 aliphatic heterocycles. The molecule has 0 spiro atoms. The summed E-state index contributed by atoms with van der Waals surface area (Å²) in [7, 11) is -1.84. The summed E-state index contributed by atoms with van der Waals surface area (Å²) in [4.78, 5) is 4.36. The van der Waals surface area contributed by atoms with E-state index < -0.39 is 10.0 Å². The van der Waals surface area contributed by atoms with E-state index in [0.29, 0.717) is 17.5 Å². The second-order valence-corrected chi connectivity index (χ2v) is 7.94. The number of pyridine rings is 1. The Morgan fingerprint density at radius 1 is 1.04 bits per heavy atom. The molecule has 0 radical (unpaired) electrons. The number of anilines is 1. The van der Waals surface area contributed by atoms with Crippen LogP contribution in [0.4, 0.5) is 5.82 Å². The van der Waals surface area contributed by atoms with Crippen molar-refractivity contribution >= 4 is 38.2 Å². The lowest BCUT2D eigenvalue weighted by molar-refractivity contribution is 0.587. The van der Waals surface area contributed by atoms with Crippen LogP contribution in [-0.2, 0) is 22.3 Å². The predicted octanol–water partition coefficient (Wildman–Crippen LogP) is 3.55. The third-order valence-electron chi connectivity index (χ3n) is 3.86. The van der Waals surface area contributed by atoms with Crippen LogP contribution in [0.2, 0.25) is 5.15 Å². The molecule has 7 heteroatoms. The van der Waals surface area contributed by atoms with E-state index in [0.717, 1.165) is 21.9 Å². The molecule has 0 atom stereocenters. The van der Waals surface area contributed by atoms with Crippen molar-refractivity contribution in [3.8, 4) is 0 Å². The van der Waals surface area contributed by atoms with Crippen LogP contribution in [0, 0.1) is 0 Å². The minimum Gasteiger partial charge on any atom is -0.366 e. The molecule has 0 fully saturated rings. The minimum absolute atomic E-state index is 0.0287. The number of hydrogen-bond donors (Lipinski definition) is 2. The van der Waals surface area contributed by atoms with Gasteiger partial charge in [0, 0.05) is 11.9 Å². The summed E-state index contributed by atoms with van der Waals surface area (Å²) < 4.78 is 25.4. The Balaban J connectivity index is 1.69. The Morgan fingerprint density at radius 2 is 1.72 bits per heavy atom. The van der Waals surface area contributed by atoms with Gasteiger partial charge in [-0.15, -0.1) is 0 Å². The van der Waals surface area contributed by atoms with E-state index in [1.165, 1.54) is 7.05 Å². The van der Waals surface area contributed by atoms with E-state index >= 15 is 0 Å². The lowest BCUT2D eigenvalue weighted by Gasteiger charge is -2.09. The molecule has 1 heterocycles. The van der Waals surface area contributed by atoms with E-state index in [1.54, 1.807) is 0 Å². The maximum absolute atomic E-state index is 11.6. The number of sulfonamides is 1. The van der Waals surface area contributed by atoms with Crippen molar-refractivity contribution in [2.24, 2.45) is 0 Å². The van der Waals surface area contributed by atoms with Crippen LogP contribution in [0.1, 0.15) is 11.1 Å². The number of rotatable bonds is 6. The van der Waals surface area contributed by atoms with Crippen LogP contribution in [-0.4, -0.2) is 20.4 Å². The fraction of sp³-hybridized carbons (Fsp3) is 0.167. The number of fused-ring (bicyclic) bond motifs is 1. The monoisotopic (exact) mass is 375 g/mol. The quantitative estimate of drug-likeness (QED) is 0.646. The molecule has 130 valence electrons. The normalized spacial score (nSPS) is 11.6. The molecule has 0 bridgehead atoms. The first kappa shape index (κ1) is 17.7. The Kier molecular flexibility index (Phi) is 5.22. The molecule has 25 heavy (non-hydrogen) atoms. The molecule has 5 nitrogen and oxygen atoms in total. The van der Waals surface area contributed by atoms with Gasteiger partial charge in [-0.3, -0.25) is 0 Å². The highest BCUT2D eigenvalue weighted by atomic mass is 35.5. The highest BCUT2D eigenvalue weighted by Gasteiger charge is 2.08. The van der Waals surface area contributed by atoms with Gasteiger partial charge in [0.2, 0.25) is 10.0 Å². The lowest BCUT2D eigenvalue weighted by Crippen LogP contribution is -2.20. The number of hydrogen-bond acceptors (Lipinski definition) is 4. The third-order valence-corrected chi connectivity index (χ3v) is 5.48. The Morgan fingerprint density at radius 3 is 2.44 bits per heavy atom. The molecule has 0 saturated carbocycles. The molecule has 1 aromatic heterocycles. The maximum atomic E-state index is 11.6. The fourth-order valence-electron chi connectivity index (χ4n) is 2.48. The molecule has 3 aromatic rings. The Labute approximate surface area is 152 Å². The highest BCUT2D eigenvalue weighted by molar-refractivity contribution is 7.88. The summed E-state index contributed by atoms with van der Waals surface area (Å²) in [5.74, 6) is 0.671. The van der Waals surface area contributed by atoms with Gasteiger partial charge in [0.15, 0.2) is 0 Å². The average molecular weight is 376 g/mol. The van der Waals surface area contributed by atoms with Crippen LogP contribution in [0.25, 0.3) is 10.8 Å². The van der Waals surface area contributed by atoms with Gasteiger partial charge >= 0.3 is 0 Å². The molecule has 0 unspecified atom stereocenters. The SMILES string of the molecule is CNS(=O)(=O)Cc1ccc(CNc2cc3ccccc3c(Cl)n2)cc1. The molecule has 0 aliphatic rings. The Hall–Kier alpha value is -2.15. The highest BCUT2D eigenvalue weighted by Crippen LogP contribution is 2.24. The summed E-state index contributed by atoms with van der Waals surface area (Å²) >= 11 is 6.23. The topological polar surface area (TPSA) is 71.1 Å². The van der Waals surface area contributed by atoms with Crippen molar-refractivity contribution in [2.75, 3.05) is 12.4 Å². The van der Waals surface area contributed by atoms with Crippen molar-refractivity contribution in [1.29, 1.82) is 0 Å². The van der Waals surface area contributed by atoms with Crippen LogP contribution in [0.3, 0.4) is 0 Å². The van der Waals surface area contributed by atoms with Gasteiger partial charge in [-0.1, -0.05) is 60.1 Å². The zero-order valence-corrected chi connectivity index (χ0v) is 15.2. The Bertz CT molecular complexity index is 989. The summed E-state index contributed by atoms with van der Waals surface area (Å²) in [6.07, 6.45) is 0. The lowest BCUT2D eigenvalue weighted by atomic mass is 10.1. The zero-order valence-electron chi connectivity index (χ0n) is 13.7. The predicted molar refractivity (Wildman–Crippen MR) is 102 cm³/mol. The molecule has 0 amide bonds. The van der Waals surface area contributed by atoms with Crippen LogP contribution < -0.4 is 10.0 Å². The summed E-state index contributed by atoms with van der Waals surface area (Å²) in [5.41, 5.74) is 1.77. The maximum Gasteiger partial charge on any atom is 0.215 e. The standard InChI is InChI=1S/C18H18ClN3O2S/c1-20-25(23,24)12-14-8-6-13(7-9-14)11-21-17-10-15-4-2-3-5-16(15)18(19)22-17/h2-10,20H,11-12H2,1H3,(H,21,22). The first-order valence-electron chi connectivity index (χ1n) is 7.75. The van der Waals surface area contributed by atoms with Gasteiger partial charge < -0.3 is 5.32 Å². The third kappa shape index (κ3) is 4.48. The minimum atomic E-state index is -3.26. The van der Waals surface area contributed by atoms with E-state index in [4.69, 9.17) is 11.6 Å². The molecular weight excluding hydrogens is 358 g/mol. The number of halogens is 1. The number of nitrogens with zero attached hydrogens (tertiary/aromatic N) is 1. The van der Waals surface area contributed by atoms with E-state index in [9.17, 15) is 8.42 Å². The zero-order chi connectivity index (χ0) is 17.9. The average Bonchev–Trinajstić information content (AvgIpc) is 2.61. The van der Waals surface area contributed by atoms with E-state index in [1.807, 2.05) is 54.6 Å². The largest absolute Gasteiger partial charge is 0.366 e. The first-order chi connectivity index (χ1) is 12.0. The smallest absolute Gasteiger partial charge is 0.215 e. The van der Waals surface area contributed by atoms with Gasteiger partial charge in [0.25, 0.3) is 0 Å². The van der Waals surface area contributed by atoms with Crippen molar-refractivity contribution in [1.82, 2.24) is 9.71 Å². The summed E-state index contributed by atoms with van der Waals surface area (Å²) in [5, 5.41) is 5.66. The number of aromatic nitrogens is 1. The van der Waals surface area contributed by atoms with Gasteiger partial charge in [-0.25, -0.2) is 18.1 Å². The summed E-state index contributed by atoms with van der Waals surface area (Å²) in [6, 6.07) is 17.2. The number of nitrogens with one attached hydrogen (secondary N) is 2. The molecule has 3 rings (SSSR count). The van der Waals surface area contributed by atoms with E-state index in [2.05, 4.69) is 15.0 Å². The van der Waals surface area contributed by atoms with E-state index in [-0.39, 0.29) is 5.75 Å². The first-order valence-corrected chi connectivity index (χ1v) is 9.78. The second kappa shape index (κ2) is 7.39. The number of benzene rings is 2.